The van der Waals surface area contributed by atoms with Crippen LogP contribution in [-0.4, -0.2) is 43.4 Å². The fourth-order valence-electron chi connectivity index (χ4n) is 1.57. The predicted octanol–water partition coefficient (Wildman–Crippen LogP) is 0.733. The minimum atomic E-state index is -2.02. The summed E-state index contributed by atoms with van der Waals surface area (Å²) in [6.45, 7) is 0.748. The summed E-state index contributed by atoms with van der Waals surface area (Å²) < 4.78 is 11.5. The van der Waals surface area contributed by atoms with Gasteiger partial charge in [0.15, 0.2) is 0 Å². The number of hydrogen-bond acceptors (Lipinski definition) is 4. The second kappa shape index (κ2) is 3.46. The van der Waals surface area contributed by atoms with E-state index in [4.69, 9.17) is 14.5 Å². The Labute approximate surface area is 83.4 Å². The van der Waals surface area contributed by atoms with Crippen molar-refractivity contribution in [2.45, 2.75) is 25.3 Å². The maximum atomic E-state index is 10.9. The first-order valence-electron chi connectivity index (χ1n) is 4.11. The fraction of sp³-hybridized carbons (Fsp3) is 0.833. The molecule has 13 heavy (non-hydrogen) atoms. The van der Waals surface area contributed by atoms with Crippen LogP contribution in [0.25, 0.3) is 0 Å². The SMILES string of the molecule is O=C(O)C1CCCCN1P1(=[Se])OO1. The van der Waals surface area contributed by atoms with E-state index in [0.29, 0.717) is 6.42 Å². The van der Waals surface area contributed by atoms with Crippen LogP contribution in [0.3, 0.4) is 0 Å². The molecule has 74 valence electrons. The zero-order chi connectivity index (χ0) is 9.47. The summed E-state index contributed by atoms with van der Waals surface area (Å²) in [5.41, 5.74) is 0. The number of carbonyl (C=O) groups is 1. The molecule has 0 bridgehead atoms. The predicted molar refractivity (Wildman–Crippen MR) is 46.8 cm³/mol. The Kier molecular flexibility index (Phi) is 2.62. The summed E-state index contributed by atoms with van der Waals surface area (Å²) in [5, 5.41) is 8.95. The number of carboxylic acids is 1. The minimum absolute atomic E-state index is 0.439. The monoisotopic (exact) mass is 271 g/mol. The Morgan fingerprint density at radius 2 is 2.23 bits per heavy atom. The van der Waals surface area contributed by atoms with Gasteiger partial charge >= 0.3 is 82.9 Å². The molecule has 0 radical (unpaired) electrons. The van der Waals surface area contributed by atoms with Gasteiger partial charge in [0.05, 0.1) is 0 Å². The van der Waals surface area contributed by atoms with Crippen LogP contribution in [0, 0.1) is 0 Å². The van der Waals surface area contributed by atoms with E-state index in [1.807, 2.05) is 4.67 Å². The van der Waals surface area contributed by atoms with Gasteiger partial charge in [0.1, 0.15) is 0 Å². The van der Waals surface area contributed by atoms with Gasteiger partial charge < -0.3 is 0 Å². The van der Waals surface area contributed by atoms with E-state index >= 15 is 0 Å². The van der Waals surface area contributed by atoms with Crippen LogP contribution < -0.4 is 0 Å². The summed E-state index contributed by atoms with van der Waals surface area (Å²) in [7, 11) is 0. The van der Waals surface area contributed by atoms with Crippen LogP contribution >= 0.6 is 6.11 Å². The normalized spacial score (nSPS) is 32.8. The summed E-state index contributed by atoms with van der Waals surface area (Å²) in [4.78, 5) is 10.9. The molecule has 5 nitrogen and oxygen atoms in total. The Bertz CT molecular complexity index is 276. The molecule has 2 saturated heterocycles. The van der Waals surface area contributed by atoms with Crippen LogP contribution in [0.1, 0.15) is 19.3 Å². The van der Waals surface area contributed by atoms with Gasteiger partial charge in [-0.2, -0.15) is 0 Å². The number of rotatable bonds is 2. The van der Waals surface area contributed by atoms with Gasteiger partial charge in [-0.15, -0.1) is 0 Å². The van der Waals surface area contributed by atoms with E-state index in [-0.39, 0.29) is 0 Å². The van der Waals surface area contributed by atoms with Gasteiger partial charge in [-0.3, -0.25) is 0 Å². The summed E-state index contributed by atoms with van der Waals surface area (Å²) in [6, 6.07) is -0.439. The number of carboxylic acid groups (broad SMARTS) is 1. The first kappa shape index (κ1) is 9.84. The summed E-state index contributed by atoms with van der Waals surface area (Å²) in [6.07, 6.45) is 0.642. The molecule has 0 aromatic carbocycles. The van der Waals surface area contributed by atoms with Crippen LogP contribution in [-0.2, 0) is 14.1 Å². The molecular weight excluding hydrogens is 260 g/mol. The van der Waals surface area contributed by atoms with Gasteiger partial charge in [-0.1, -0.05) is 0 Å². The fourth-order valence-corrected chi connectivity index (χ4v) is 4.66. The van der Waals surface area contributed by atoms with Crippen molar-refractivity contribution in [1.82, 2.24) is 4.67 Å². The van der Waals surface area contributed by atoms with E-state index in [2.05, 4.69) is 15.1 Å². The van der Waals surface area contributed by atoms with E-state index in [9.17, 15) is 4.79 Å². The third-order valence-corrected chi connectivity index (χ3v) is 5.87. The average molecular weight is 270 g/mol. The number of hydrogen-bond donors (Lipinski definition) is 1. The van der Waals surface area contributed by atoms with Gasteiger partial charge in [-0.25, -0.2) is 0 Å². The summed E-state index contributed by atoms with van der Waals surface area (Å²) in [5.74, 6) is -0.784. The van der Waals surface area contributed by atoms with Crippen molar-refractivity contribution in [1.29, 1.82) is 0 Å². The zero-order valence-corrected chi connectivity index (χ0v) is 9.49. The van der Waals surface area contributed by atoms with Gasteiger partial charge in [0, 0.05) is 0 Å². The third-order valence-electron chi connectivity index (χ3n) is 2.28. The number of aliphatic carboxylic acids is 1. The van der Waals surface area contributed by atoms with Crippen molar-refractivity contribution in [3.63, 3.8) is 0 Å². The van der Waals surface area contributed by atoms with Gasteiger partial charge in [0.25, 0.3) is 0 Å². The van der Waals surface area contributed by atoms with E-state index < -0.39 is 18.1 Å². The molecule has 2 rings (SSSR count). The Morgan fingerprint density at radius 1 is 1.54 bits per heavy atom. The Morgan fingerprint density at radius 3 is 2.77 bits per heavy atom. The molecule has 0 amide bonds. The van der Waals surface area contributed by atoms with Crippen molar-refractivity contribution >= 4 is 27.2 Å². The quantitative estimate of drug-likeness (QED) is 0.347. The van der Waals surface area contributed by atoms with Crippen molar-refractivity contribution in [2.24, 2.45) is 0 Å². The number of piperidine rings is 1. The van der Waals surface area contributed by atoms with Crippen molar-refractivity contribution in [2.75, 3.05) is 6.54 Å². The maximum absolute atomic E-state index is 10.9. The van der Waals surface area contributed by atoms with E-state index in [1.165, 1.54) is 0 Å². The van der Waals surface area contributed by atoms with E-state index in [1.54, 1.807) is 0 Å². The molecule has 7 heteroatoms. The van der Waals surface area contributed by atoms with Crippen molar-refractivity contribution < 1.29 is 19.2 Å². The second-order valence-corrected chi connectivity index (χ2v) is 7.78. The molecule has 2 aliphatic rings. The molecule has 2 heterocycles. The van der Waals surface area contributed by atoms with Crippen LogP contribution in [0.2, 0.25) is 0 Å². The topological polar surface area (TPSA) is 65.6 Å². The van der Waals surface area contributed by atoms with Crippen LogP contribution in [0.4, 0.5) is 0 Å². The zero-order valence-electron chi connectivity index (χ0n) is 6.88. The molecule has 0 aromatic rings. The first-order chi connectivity index (χ1) is 6.13. The number of nitrogens with zero attached hydrogens (tertiary/aromatic N) is 1. The van der Waals surface area contributed by atoms with Gasteiger partial charge in [-0.05, 0) is 0 Å². The molecule has 0 saturated carbocycles. The first-order valence-corrected chi connectivity index (χ1v) is 7.91. The molecular formula is C6H10NO4PSe. The molecule has 2 fully saturated rings. The molecule has 2 aliphatic heterocycles. The molecule has 0 aromatic heterocycles. The average Bonchev–Trinajstić information content (AvgIpc) is 2.85. The van der Waals surface area contributed by atoms with Gasteiger partial charge in [0.2, 0.25) is 0 Å². The molecule has 1 atom stereocenters. The molecule has 1 unspecified atom stereocenters. The van der Waals surface area contributed by atoms with Crippen LogP contribution in [0.15, 0.2) is 0 Å². The van der Waals surface area contributed by atoms with Crippen LogP contribution in [0.5, 0.6) is 0 Å². The Hall–Kier alpha value is 0.299. The van der Waals surface area contributed by atoms with Crippen molar-refractivity contribution in [3.8, 4) is 0 Å². The second-order valence-electron chi connectivity index (χ2n) is 3.13. The molecule has 1 N–H and O–H groups in total. The standard InChI is InChI=1S/C6H10NO4PSe/c8-6(9)5-3-1-2-4-7(5)12(13)10-11-12/h5H,1-4H2,(H,8,9). The Balaban J connectivity index is 2.13. The molecule has 0 aliphatic carbocycles. The third kappa shape index (κ3) is 1.89. The summed E-state index contributed by atoms with van der Waals surface area (Å²) >= 11 is 2.81. The van der Waals surface area contributed by atoms with E-state index in [0.717, 1.165) is 19.4 Å². The molecule has 0 spiro atoms. The van der Waals surface area contributed by atoms with Crippen molar-refractivity contribution in [3.05, 3.63) is 0 Å².